The normalized spacial score (nSPS) is 9.79. The first-order valence-corrected chi connectivity index (χ1v) is 4.74. The van der Waals surface area contributed by atoms with Crippen LogP contribution in [0.4, 0.5) is 4.39 Å². The fourth-order valence-electron chi connectivity index (χ4n) is 1.32. The molecule has 0 aromatic heterocycles. The number of unbranched alkanes of at least 4 members (excludes halogenated alkanes) is 2. The molecule has 0 aliphatic carbocycles. The third-order valence-electron chi connectivity index (χ3n) is 2.11. The summed E-state index contributed by atoms with van der Waals surface area (Å²) in [6.45, 7) is 2.01. The number of halogens is 1. The first-order valence-electron chi connectivity index (χ1n) is 4.74. The fraction of sp³-hybridized carbons (Fsp3) is 0.333. The molecule has 14 heavy (non-hydrogen) atoms. The van der Waals surface area contributed by atoms with Crippen LogP contribution < -0.4 is 0 Å². The van der Waals surface area contributed by atoms with E-state index in [2.05, 4.69) is 6.42 Å². The van der Waals surface area contributed by atoms with Crippen molar-refractivity contribution in [2.45, 2.75) is 26.2 Å². The first kappa shape index (κ1) is 10.7. The van der Waals surface area contributed by atoms with Crippen molar-refractivity contribution in [3.8, 4) is 6.07 Å². The molecule has 0 N–H and O–H groups in total. The summed E-state index contributed by atoms with van der Waals surface area (Å²) in [5.41, 5.74) is 1.08. The van der Waals surface area contributed by atoms with E-state index in [9.17, 15) is 4.39 Å². The average Bonchev–Trinajstić information content (AvgIpc) is 2.18. The van der Waals surface area contributed by atoms with Gasteiger partial charge in [-0.25, -0.2) is 4.39 Å². The Balaban J connectivity index is 2.63. The Hall–Kier alpha value is -1.36. The van der Waals surface area contributed by atoms with Crippen molar-refractivity contribution in [1.29, 1.82) is 5.26 Å². The Kier molecular flexibility index (Phi) is 4.12. The highest BCUT2D eigenvalue weighted by molar-refractivity contribution is 5.33. The molecule has 0 spiro atoms. The van der Waals surface area contributed by atoms with Gasteiger partial charge in [0.15, 0.2) is 0 Å². The summed E-state index contributed by atoms with van der Waals surface area (Å²) in [4.78, 5) is 0. The molecule has 1 rings (SSSR count). The van der Waals surface area contributed by atoms with Gasteiger partial charge in [-0.2, -0.15) is 5.26 Å². The van der Waals surface area contributed by atoms with Gasteiger partial charge in [0.1, 0.15) is 11.9 Å². The fourth-order valence-corrected chi connectivity index (χ4v) is 1.32. The Morgan fingerprint density at radius 2 is 2.29 bits per heavy atom. The number of rotatable bonds is 4. The molecule has 73 valence electrons. The number of nitrogens with zero attached hydrogens (tertiary/aromatic N) is 1. The highest BCUT2D eigenvalue weighted by Crippen LogP contribution is 2.12. The van der Waals surface area contributed by atoms with Gasteiger partial charge >= 0.3 is 0 Å². The van der Waals surface area contributed by atoms with Crippen LogP contribution in [0.3, 0.4) is 0 Å². The minimum atomic E-state index is -0.412. The number of hydrogen-bond donors (Lipinski definition) is 0. The lowest BCUT2D eigenvalue weighted by atomic mass is 10.1. The van der Waals surface area contributed by atoms with Crippen molar-refractivity contribution in [3.63, 3.8) is 0 Å². The molecule has 1 aromatic carbocycles. The topological polar surface area (TPSA) is 23.8 Å². The Morgan fingerprint density at radius 3 is 2.86 bits per heavy atom. The molecule has 0 aliphatic heterocycles. The zero-order valence-electron chi connectivity index (χ0n) is 8.26. The summed E-state index contributed by atoms with van der Waals surface area (Å²) < 4.78 is 13.1. The standard InChI is InChI=1S/C12H13FN/c1-2-3-4-5-10-6-7-11(9-14)12(13)8-10/h2,6-8H,3-5H2,1H3. The predicted octanol–water partition coefficient (Wildman–Crippen LogP) is 3.24. The first-order chi connectivity index (χ1) is 6.77. The van der Waals surface area contributed by atoms with E-state index in [-0.39, 0.29) is 5.56 Å². The van der Waals surface area contributed by atoms with E-state index in [1.807, 2.05) is 19.1 Å². The van der Waals surface area contributed by atoms with Crippen LogP contribution in [0.15, 0.2) is 18.2 Å². The van der Waals surface area contributed by atoms with Crippen molar-refractivity contribution >= 4 is 0 Å². The van der Waals surface area contributed by atoms with Crippen LogP contribution in [0.2, 0.25) is 0 Å². The average molecular weight is 190 g/mol. The van der Waals surface area contributed by atoms with Gasteiger partial charge in [0.25, 0.3) is 0 Å². The Labute approximate surface area is 84.2 Å². The number of benzene rings is 1. The molecule has 2 heteroatoms. The highest BCUT2D eigenvalue weighted by atomic mass is 19.1. The quantitative estimate of drug-likeness (QED) is 0.668. The minimum Gasteiger partial charge on any atom is -0.206 e. The predicted molar refractivity (Wildman–Crippen MR) is 54.0 cm³/mol. The van der Waals surface area contributed by atoms with E-state index in [1.54, 1.807) is 6.07 Å². The van der Waals surface area contributed by atoms with Crippen molar-refractivity contribution in [2.75, 3.05) is 0 Å². The van der Waals surface area contributed by atoms with Gasteiger partial charge < -0.3 is 0 Å². The maximum atomic E-state index is 13.1. The number of hydrogen-bond acceptors (Lipinski definition) is 1. The second-order valence-electron chi connectivity index (χ2n) is 3.23. The molecule has 0 bridgehead atoms. The van der Waals surface area contributed by atoms with Crippen molar-refractivity contribution < 1.29 is 4.39 Å². The molecular formula is C12H13FN. The molecule has 0 saturated carbocycles. The van der Waals surface area contributed by atoms with E-state index in [0.29, 0.717) is 0 Å². The van der Waals surface area contributed by atoms with Crippen molar-refractivity contribution in [3.05, 3.63) is 41.6 Å². The van der Waals surface area contributed by atoms with Gasteiger partial charge in [-0.05, 0) is 37.0 Å². The summed E-state index contributed by atoms with van der Waals surface area (Å²) in [5.74, 6) is -0.412. The van der Waals surface area contributed by atoms with E-state index < -0.39 is 5.82 Å². The molecule has 1 aromatic rings. The van der Waals surface area contributed by atoms with Crippen LogP contribution in [0, 0.1) is 23.6 Å². The van der Waals surface area contributed by atoms with E-state index in [0.717, 1.165) is 24.8 Å². The Morgan fingerprint density at radius 1 is 1.50 bits per heavy atom. The zero-order valence-corrected chi connectivity index (χ0v) is 8.26. The van der Waals surface area contributed by atoms with Crippen LogP contribution in [0.1, 0.15) is 30.9 Å². The largest absolute Gasteiger partial charge is 0.206 e. The monoisotopic (exact) mass is 190 g/mol. The molecule has 0 unspecified atom stereocenters. The molecule has 0 fully saturated rings. The minimum absolute atomic E-state index is 0.121. The van der Waals surface area contributed by atoms with E-state index in [4.69, 9.17) is 5.26 Å². The summed E-state index contributed by atoms with van der Waals surface area (Å²) in [6, 6.07) is 6.62. The third kappa shape index (κ3) is 2.85. The molecule has 1 nitrogen and oxygen atoms in total. The van der Waals surface area contributed by atoms with Gasteiger partial charge in [0, 0.05) is 0 Å². The van der Waals surface area contributed by atoms with Gasteiger partial charge in [-0.3, -0.25) is 0 Å². The van der Waals surface area contributed by atoms with Gasteiger partial charge in [-0.1, -0.05) is 19.4 Å². The molecule has 0 saturated heterocycles. The zero-order chi connectivity index (χ0) is 10.4. The second-order valence-corrected chi connectivity index (χ2v) is 3.23. The van der Waals surface area contributed by atoms with Crippen LogP contribution >= 0.6 is 0 Å². The third-order valence-corrected chi connectivity index (χ3v) is 2.11. The summed E-state index contributed by atoms with van der Waals surface area (Å²) in [6.07, 6.45) is 5.04. The lowest BCUT2D eigenvalue weighted by Gasteiger charge is -2.01. The summed E-state index contributed by atoms with van der Waals surface area (Å²) in [7, 11) is 0. The van der Waals surface area contributed by atoms with Crippen LogP contribution in [-0.4, -0.2) is 0 Å². The van der Waals surface area contributed by atoms with Crippen molar-refractivity contribution in [1.82, 2.24) is 0 Å². The molecule has 0 heterocycles. The number of aryl methyl sites for hydroxylation is 1. The second kappa shape index (κ2) is 5.39. The molecule has 0 amide bonds. The maximum absolute atomic E-state index is 13.1. The van der Waals surface area contributed by atoms with Crippen LogP contribution in [0.5, 0.6) is 0 Å². The maximum Gasteiger partial charge on any atom is 0.141 e. The SMILES string of the molecule is C[CH]CCCc1ccc(C#N)c(F)c1. The Bertz CT molecular complexity index is 339. The molecule has 0 atom stereocenters. The van der Waals surface area contributed by atoms with Gasteiger partial charge in [0.05, 0.1) is 5.56 Å². The van der Waals surface area contributed by atoms with Crippen LogP contribution in [-0.2, 0) is 6.42 Å². The highest BCUT2D eigenvalue weighted by Gasteiger charge is 2.01. The smallest absolute Gasteiger partial charge is 0.141 e. The van der Waals surface area contributed by atoms with Gasteiger partial charge in [-0.15, -0.1) is 0 Å². The lowest BCUT2D eigenvalue weighted by Crippen LogP contribution is -1.90. The van der Waals surface area contributed by atoms with E-state index in [1.165, 1.54) is 6.07 Å². The van der Waals surface area contributed by atoms with Crippen molar-refractivity contribution in [2.24, 2.45) is 0 Å². The lowest BCUT2D eigenvalue weighted by molar-refractivity contribution is 0.620. The summed E-state index contributed by atoms with van der Waals surface area (Å²) in [5, 5.41) is 8.53. The number of nitriles is 1. The summed E-state index contributed by atoms with van der Waals surface area (Å²) >= 11 is 0. The molecule has 0 aliphatic rings. The van der Waals surface area contributed by atoms with Crippen LogP contribution in [0.25, 0.3) is 0 Å². The van der Waals surface area contributed by atoms with Gasteiger partial charge in [0.2, 0.25) is 0 Å². The molecular weight excluding hydrogens is 177 g/mol. The van der Waals surface area contributed by atoms with E-state index >= 15 is 0 Å². The molecule has 1 radical (unpaired) electrons.